The van der Waals surface area contributed by atoms with Gasteiger partial charge in [0, 0.05) is 24.2 Å². The number of rotatable bonds is 6. The molecule has 0 fully saturated rings. The second kappa shape index (κ2) is 6.82. The van der Waals surface area contributed by atoms with Crippen molar-refractivity contribution >= 4 is 22.4 Å². The van der Waals surface area contributed by atoms with E-state index in [9.17, 15) is 4.79 Å². The van der Waals surface area contributed by atoms with E-state index in [4.69, 9.17) is 0 Å². The van der Waals surface area contributed by atoms with Crippen LogP contribution in [0, 0.1) is 6.92 Å². The zero-order valence-electron chi connectivity index (χ0n) is 12.8. The van der Waals surface area contributed by atoms with Crippen LogP contribution in [-0.2, 0) is 7.05 Å². The number of nitrogens with zero attached hydrogens (tertiary/aromatic N) is 3. The minimum atomic E-state index is -0.171. The summed E-state index contributed by atoms with van der Waals surface area (Å²) in [4.78, 5) is 16.6. The highest BCUT2D eigenvalue weighted by molar-refractivity contribution is 7.14. The topological polar surface area (TPSA) is 71.8 Å². The number of hydrogen-bond donors (Lipinski definition) is 2. The molecule has 6 nitrogen and oxygen atoms in total. The van der Waals surface area contributed by atoms with Crippen molar-refractivity contribution < 1.29 is 4.79 Å². The summed E-state index contributed by atoms with van der Waals surface area (Å²) in [5, 5.41) is 12.9. The number of hydrogen-bond acceptors (Lipinski definition) is 5. The van der Waals surface area contributed by atoms with Crippen molar-refractivity contribution in [1.29, 1.82) is 0 Å². The van der Waals surface area contributed by atoms with Gasteiger partial charge in [-0.1, -0.05) is 6.92 Å². The molecule has 2 N–H and O–H groups in total. The summed E-state index contributed by atoms with van der Waals surface area (Å²) < 4.78 is 1.68. The fourth-order valence-electron chi connectivity index (χ4n) is 1.89. The first-order valence-corrected chi connectivity index (χ1v) is 7.89. The van der Waals surface area contributed by atoms with Crippen molar-refractivity contribution in [3.05, 3.63) is 28.5 Å². The van der Waals surface area contributed by atoms with E-state index >= 15 is 0 Å². The number of amides is 1. The normalized spacial score (nSPS) is 12.4. The molecule has 2 aromatic heterocycles. The molecule has 21 heavy (non-hydrogen) atoms. The molecule has 114 valence electrons. The number of aromatic nitrogens is 3. The van der Waals surface area contributed by atoms with Crippen LogP contribution in [-0.4, -0.2) is 27.2 Å². The smallest absolute Gasteiger partial charge is 0.260 e. The molecule has 0 aliphatic heterocycles. The first-order chi connectivity index (χ1) is 10.0. The number of carbonyl (C=O) groups excluding carboxylic acids is 1. The van der Waals surface area contributed by atoms with Crippen LogP contribution in [0.25, 0.3) is 0 Å². The van der Waals surface area contributed by atoms with Crippen molar-refractivity contribution in [3.63, 3.8) is 0 Å². The minimum Gasteiger partial charge on any atom is -0.309 e. The van der Waals surface area contributed by atoms with Crippen LogP contribution >= 0.6 is 11.3 Å². The highest BCUT2D eigenvalue weighted by Gasteiger charge is 2.15. The van der Waals surface area contributed by atoms with Gasteiger partial charge in [0.25, 0.3) is 5.91 Å². The number of nitrogens with one attached hydrogen (secondary N) is 2. The molecule has 0 aliphatic rings. The molecule has 0 aliphatic carbocycles. The predicted molar refractivity (Wildman–Crippen MR) is 84.7 cm³/mol. The van der Waals surface area contributed by atoms with E-state index in [-0.39, 0.29) is 11.9 Å². The number of thiazole rings is 1. The highest BCUT2D eigenvalue weighted by atomic mass is 32.1. The number of carbonyl (C=O) groups is 1. The van der Waals surface area contributed by atoms with Gasteiger partial charge in [-0.2, -0.15) is 5.10 Å². The Hall–Kier alpha value is -1.73. The van der Waals surface area contributed by atoms with Gasteiger partial charge in [0.05, 0.1) is 17.5 Å². The van der Waals surface area contributed by atoms with Gasteiger partial charge in [0.1, 0.15) is 0 Å². The molecule has 0 saturated heterocycles. The van der Waals surface area contributed by atoms with Gasteiger partial charge in [0.15, 0.2) is 5.13 Å². The van der Waals surface area contributed by atoms with Crippen molar-refractivity contribution in [3.8, 4) is 0 Å². The van der Waals surface area contributed by atoms with Crippen molar-refractivity contribution in [2.45, 2.75) is 33.2 Å². The van der Waals surface area contributed by atoms with Gasteiger partial charge in [-0.05, 0) is 26.8 Å². The Morgan fingerprint density at radius 2 is 2.29 bits per heavy atom. The lowest BCUT2D eigenvalue weighted by Crippen LogP contribution is -2.19. The van der Waals surface area contributed by atoms with E-state index in [0.29, 0.717) is 10.7 Å². The van der Waals surface area contributed by atoms with Gasteiger partial charge < -0.3 is 5.32 Å². The van der Waals surface area contributed by atoms with Crippen molar-refractivity contribution in [2.75, 3.05) is 11.9 Å². The summed E-state index contributed by atoms with van der Waals surface area (Å²) in [7, 11) is 1.81. The SMILES string of the molecule is CCCNC(C)c1csc(NC(=O)c2cnn(C)c2C)n1. The summed E-state index contributed by atoms with van der Waals surface area (Å²) in [6, 6.07) is 0.187. The zero-order valence-corrected chi connectivity index (χ0v) is 13.6. The van der Waals surface area contributed by atoms with Crippen molar-refractivity contribution in [1.82, 2.24) is 20.1 Å². The van der Waals surface area contributed by atoms with E-state index in [2.05, 4.69) is 34.6 Å². The Bertz CT molecular complexity index is 619. The molecule has 2 heterocycles. The molecule has 0 bridgehead atoms. The van der Waals surface area contributed by atoms with Crippen LogP contribution in [0.2, 0.25) is 0 Å². The lowest BCUT2D eigenvalue weighted by molar-refractivity contribution is 0.102. The summed E-state index contributed by atoms with van der Waals surface area (Å²) in [5.41, 5.74) is 2.36. The third kappa shape index (κ3) is 3.68. The van der Waals surface area contributed by atoms with Crippen LogP contribution < -0.4 is 10.6 Å². The highest BCUT2D eigenvalue weighted by Crippen LogP contribution is 2.21. The molecule has 2 aromatic rings. The van der Waals surface area contributed by atoms with Gasteiger partial charge >= 0.3 is 0 Å². The summed E-state index contributed by atoms with van der Waals surface area (Å²) in [5.74, 6) is -0.171. The molecule has 1 unspecified atom stereocenters. The molecule has 0 aromatic carbocycles. The lowest BCUT2D eigenvalue weighted by Gasteiger charge is -2.09. The predicted octanol–water partition coefficient (Wildman–Crippen LogP) is 2.50. The number of anilines is 1. The molecular weight excluding hydrogens is 286 g/mol. The molecular formula is C14H21N5OS. The third-order valence-electron chi connectivity index (χ3n) is 3.37. The van der Waals surface area contributed by atoms with Gasteiger partial charge in [-0.25, -0.2) is 4.98 Å². The standard InChI is InChI=1S/C14H21N5OS/c1-5-6-15-9(2)12-8-21-14(17-12)18-13(20)11-7-16-19(4)10(11)3/h7-9,15H,5-6H2,1-4H3,(H,17,18,20). The van der Waals surface area contributed by atoms with E-state index in [0.717, 1.165) is 24.4 Å². The maximum absolute atomic E-state index is 12.2. The van der Waals surface area contributed by atoms with Crippen LogP contribution in [0.1, 0.15) is 48.1 Å². The maximum atomic E-state index is 12.2. The molecule has 1 amide bonds. The molecule has 2 rings (SSSR count). The van der Waals surface area contributed by atoms with Crippen LogP contribution in [0.15, 0.2) is 11.6 Å². The van der Waals surface area contributed by atoms with E-state index in [1.54, 1.807) is 10.9 Å². The summed E-state index contributed by atoms with van der Waals surface area (Å²) in [6.07, 6.45) is 2.66. The zero-order chi connectivity index (χ0) is 15.4. The largest absolute Gasteiger partial charge is 0.309 e. The molecule has 0 saturated carbocycles. The van der Waals surface area contributed by atoms with Crippen LogP contribution in [0.3, 0.4) is 0 Å². The Kier molecular flexibility index (Phi) is 5.08. The van der Waals surface area contributed by atoms with Gasteiger partial charge in [-0.3, -0.25) is 14.8 Å². The Morgan fingerprint density at radius 1 is 1.52 bits per heavy atom. The second-order valence-corrected chi connectivity index (χ2v) is 5.83. The van der Waals surface area contributed by atoms with E-state index in [1.165, 1.54) is 11.3 Å². The summed E-state index contributed by atoms with van der Waals surface area (Å²) >= 11 is 1.44. The average molecular weight is 307 g/mol. The second-order valence-electron chi connectivity index (χ2n) is 4.97. The first-order valence-electron chi connectivity index (χ1n) is 7.01. The molecule has 7 heteroatoms. The lowest BCUT2D eigenvalue weighted by atomic mass is 10.2. The van der Waals surface area contributed by atoms with Crippen LogP contribution in [0.4, 0.5) is 5.13 Å². The van der Waals surface area contributed by atoms with E-state index < -0.39 is 0 Å². The fraction of sp³-hybridized carbons (Fsp3) is 0.500. The fourth-order valence-corrected chi connectivity index (χ4v) is 2.69. The Labute approximate surface area is 128 Å². The van der Waals surface area contributed by atoms with Gasteiger partial charge in [0.2, 0.25) is 0 Å². The number of aryl methyl sites for hydroxylation is 1. The Morgan fingerprint density at radius 3 is 2.90 bits per heavy atom. The summed E-state index contributed by atoms with van der Waals surface area (Å²) in [6.45, 7) is 7.02. The minimum absolute atomic E-state index is 0.171. The molecule has 1 atom stereocenters. The molecule has 0 spiro atoms. The average Bonchev–Trinajstić information content (AvgIpc) is 3.04. The Balaban J connectivity index is 2.02. The monoisotopic (exact) mass is 307 g/mol. The third-order valence-corrected chi connectivity index (χ3v) is 4.14. The molecule has 0 radical (unpaired) electrons. The first kappa shape index (κ1) is 15.7. The van der Waals surface area contributed by atoms with Gasteiger partial charge in [-0.15, -0.1) is 11.3 Å². The van der Waals surface area contributed by atoms with E-state index in [1.807, 2.05) is 19.4 Å². The quantitative estimate of drug-likeness (QED) is 0.860. The maximum Gasteiger partial charge on any atom is 0.260 e. The van der Waals surface area contributed by atoms with Crippen molar-refractivity contribution in [2.24, 2.45) is 7.05 Å². The van der Waals surface area contributed by atoms with Crippen LogP contribution in [0.5, 0.6) is 0 Å².